The molecule has 0 amide bonds. The molecule has 0 saturated carbocycles. The summed E-state index contributed by atoms with van der Waals surface area (Å²) >= 11 is 0. The number of nitrogens with zero attached hydrogens (tertiary/aromatic N) is 4. The van der Waals surface area contributed by atoms with Gasteiger partial charge in [-0.15, -0.1) is 13.2 Å². The fourth-order valence-corrected chi connectivity index (χ4v) is 2.77. The van der Waals surface area contributed by atoms with Crippen molar-refractivity contribution in [2.45, 2.75) is 6.30 Å². The molecule has 0 aliphatic rings. The average molecular weight is 398 g/mol. The molecule has 6 nitrogen and oxygen atoms in total. The first-order chi connectivity index (χ1) is 13.9. The highest BCUT2D eigenvalue weighted by Crippen LogP contribution is 2.39. The lowest BCUT2D eigenvalue weighted by Gasteiger charge is -2.25. The van der Waals surface area contributed by atoms with Gasteiger partial charge in [0.15, 0.2) is 5.75 Å². The number of fused-ring (bicyclic) bond motifs is 1. The van der Waals surface area contributed by atoms with Crippen molar-refractivity contribution in [2.75, 3.05) is 4.90 Å². The predicted molar refractivity (Wildman–Crippen MR) is 100 cm³/mol. The number of para-hydroxylation sites is 2. The van der Waals surface area contributed by atoms with Crippen LogP contribution in [0, 0.1) is 0 Å². The summed E-state index contributed by atoms with van der Waals surface area (Å²) in [7, 11) is 0. The molecule has 2 aromatic heterocycles. The van der Waals surface area contributed by atoms with Gasteiger partial charge in [0.1, 0.15) is 16.7 Å². The number of alkyl halides is 3. The summed E-state index contributed by atoms with van der Waals surface area (Å²) in [4.78, 5) is 11.6. The highest BCUT2D eigenvalue weighted by atomic mass is 19.4. The molecule has 0 saturated heterocycles. The van der Waals surface area contributed by atoms with Crippen molar-refractivity contribution in [3.05, 3.63) is 73.1 Å². The van der Waals surface area contributed by atoms with Gasteiger partial charge in [0.05, 0.1) is 18.1 Å². The lowest BCUT2D eigenvalue weighted by atomic mass is 10.2. The van der Waals surface area contributed by atoms with E-state index in [1.165, 1.54) is 36.7 Å². The Bertz CT molecular complexity index is 1140. The molecule has 4 aromatic rings. The Morgan fingerprint density at radius 3 is 2.17 bits per heavy atom. The van der Waals surface area contributed by atoms with Gasteiger partial charge in [-0.25, -0.2) is 9.88 Å². The summed E-state index contributed by atoms with van der Waals surface area (Å²) in [5, 5.41) is 10.5. The molecule has 0 radical (unpaired) electrons. The van der Waals surface area contributed by atoms with Gasteiger partial charge in [0, 0.05) is 0 Å². The van der Waals surface area contributed by atoms with Gasteiger partial charge in [-0.3, -0.25) is 4.98 Å². The first-order valence-electron chi connectivity index (χ1n) is 8.43. The maximum Gasteiger partial charge on any atom is 0.491 e. The second kappa shape index (κ2) is 7.27. The Kier molecular flexibility index (Phi) is 4.63. The van der Waals surface area contributed by atoms with Crippen LogP contribution in [-0.2, 0) is 0 Å². The minimum absolute atomic E-state index is 0.00566. The maximum absolute atomic E-state index is 13.7. The van der Waals surface area contributed by atoms with Crippen LogP contribution in [0.5, 0.6) is 17.4 Å². The fraction of sp³-hybridized carbons (Fsp3) is 0.0500. The molecule has 146 valence electrons. The van der Waals surface area contributed by atoms with Crippen LogP contribution < -0.4 is 9.64 Å². The first kappa shape index (κ1) is 18.5. The number of hydrogen-bond acceptors (Lipinski definition) is 6. The van der Waals surface area contributed by atoms with Crippen LogP contribution in [0.25, 0.3) is 10.9 Å². The number of rotatable bonds is 4. The van der Waals surface area contributed by atoms with E-state index in [9.17, 15) is 18.3 Å². The van der Waals surface area contributed by atoms with Crippen molar-refractivity contribution in [1.29, 1.82) is 0 Å². The van der Waals surface area contributed by atoms with Gasteiger partial charge in [0.25, 0.3) is 0 Å². The van der Waals surface area contributed by atoms with E-state index in [0.717, 1.165) is 0 Å². The number of benzene rings is 2. The summed E-state index contributed by atoms with van der Waals surface area (Å²) in [5.41, 5.74) is -0.186. The lowest BCUT2D eigenvalue weighted by Crippen LogP contribution is -2.35. The van der Waals surface area contributed by atoms with Crippen LogP contribution >= 0.6 is 0 Å². The number of hydrogen-bond donors (Lipinski definition) is 1. The number of aromatic nitrogens is 3. The number of aromatic hydroxyl groups is 1. The third kappa shape index (κ3) is 3.75. The zero-order valence-corrected chi connectivity index (χ0v) is 14.7. The van der Waals surface area contributed by atoms with Crippen LogP contribution in [0.4, 0.5) is 24.8 Å². The Hall–Kier alpha value is -3.88. The van der Waals surface area contributed by atoms with Crippen LogP contribution in [0.2, 0.25) is 0 Å². The summed E-state index contributed by atoms with van der Waals surface area (Å²) in [6.45, 7) is 0. The van der Waals surface area contributed by atoms with Gasteiger partial charge < -0.3 is 9.84 Å². The van der Waals surface area contributed by atoms with Gasteiger partial charge in [-0.05, 0) is 24.3 Å². The van der Waals surface area contributed by atoms with Gasteiger partial charge in [0.2, 0.25) is 11.8 Å². The summed E-state index contributed by atoms with van der Waals surface area (Å²) in [6, 6.07) is 15.7. The van der Waals surface area contributed by atoms with Crippen molar-refractivity contribution < 1.29 is 23.0 Å². The summed E-state index contributed by atoms with van der Waals surface area (Å²) in [6.07, 6.45) is -2.25. The Morgan fingerprint density at radius 1 is 0.862 bits per heavy atom. The average Bonchev–Trinajstić information content (AvgIpc) is 2.68. The molecule has 9 heteroatoms. The zero-order chi connectivity index (χ0) is 20.4. The Labute approximate surface area is 162 Å². The molecule has 1 N–H and O–H groups in total. The van der Waals surface area contributed by atoms with Crippen LogP contribution in [-0.4, -0.2) is 26.4 Å². The van der Waals surface area contributed by atoms with E-state index in [2.05, 4.69) is 15.0 Å². The van der Waals surface area contributed by atoms with Gasteiger partial charge in [-0.1, -0.05) is 36.4 Å². The third-order valence-corrected chi connectivity index (χ3v) is 3.98. The molecule has 0 atom stereocenters. The molecule has 0 spiro atoms. The second-order valence-electron chi connectivity index (χ2n) is 5.93. The number of pyridine rings is 1. The number of halogens is 3. The summed E-state index contributed by atoms with van der Waals surface area (Å²) in [5.74, 6) is -0.793. The third-order valence-electron chi connectivity index (χ3n) is 3.98. The lowest BCUT2D eigenvalue weighted by molar-refractivity contribution is -0.121. The van der Waals surface area contributed by atoms with E-state index in [0.29, 0.717) is 5.75 Å². The minimum atomic E-state index is -4.81. The van der Waals surface area contributed by atoms with Gasteiger partial charge >= 0.3 is 6.30 Å². The van der Waals surface area contributed by atoms with Crippen molar-refractivity contribution in [3.63, 3.8) is 0 Å². The molecule has 29 heavy (non-hydrogen) atoms. The highest BCUT2D eigenvalue weighted by Gasteiger charge is 2.41. The molecule has 0 aliphatic heterocycles. The van der Waals surface area contributed by atoms with Crippen molar-refractivity contribution in [2.24, 2.45) is 0 Å². The Balaban J connectivity index is 1.83. The molecular formula is C20H13F3N4O2. The van der Waals surface area contributed by atoms with Crippen LogP contribution in [0.1, 0.15) is 0 Å². The molecule has 0 bridgehead atoms. The fourth-order valence-electron chi connectivity index (χ4n) is 2.77. The molecule has 2 heterocycles. The van der Waals surface area contributed by atoms with E-state index in [1.807, 2.05) is 0 Å². The van der Waals surface area contributed by atoms with E-state index in [1.54, 1.807) is 36.4 Å². The number of ether oxygens (including phenoxy) is 1. The smallest absolute Gasteiger partial charge is 0.491 e. The van der Waals surface area contributed by atoms with E-state index in [-0.39, 0.29) is 27.2 Å². The standard InChI is InChI=1S/C20H13F3N4O2/c21-20(22,23)27(13-7-3-1-4-8-13)19-25-15-11-24-12-16(17(15)18(28)26-19)29-14-9-5-2-6-10-14/h1-12H,(H,25,26,28). The molecule has 0 unspecified atom stereocenters. The van der Waals surface area contributed by atoms with E-state index in [4.69, 9.17) is 4.74 Å². The molecule has 2 aromatic carbocycles. The molecular weight excluding hydrogens is 385 g/mol. The number of anilines is 2. The first-order valence-corrected chi connectivity index (χ1v) is 8.43. The van der Waals surface area contributed by atoms with Gasteiger partial charge in [-0.2, -0.15) is 4.98 Å². The van der Waals surface area contributed by atoms with Crippen LogP contribution in [0.15, 0.2) is 73.1 Å². The highest BCUT2D eigenvalue weighted by molar-refractivity contribution is 5.90. The van der Waals surface area contributed by atoms with Crippen molar-refractivity contribution >= 4 is 22.5 Å². The Morgan fingerprint density at radius 2 is 1.52 bits per heavy atom. The minimum Gasteiger partial charge on any atom is -0.493 e. The second-order valence-corrected chi connectivity index (χ2v) is 5.93. The van der Waals surface area contributed by atoms with Crippen molar-refractivity contribution in [3.8, 4) is 17.4 Å². The van der Waals surface area contributed by atoms with E-state index < -0.39 is 18.1 Å². The van der Waals surface area contributed by atoms with Crippen molar-refractivity contribution in [1.82, 2.24) is 15.0 Å². The van der Waals surface area contributed by atoms with Crippen LogP contribution in [0.3, 0.4) is 0 Å². The van der Waals surface area contributed by atoms with E-state index >= 15 is 0 Å². The SMILES string of the molecule is Oc1nc(N(c2ccccc2)C(F)(F)F)nc2cncc(Oc3ccccc3)c12. The quantitative estimate of drug-likeness (QED) is 0.478. The molecule has 0 fully saturated rings. The predicted octanol–water partition coefficient (Wildman–Crippen LogP) is 5.18. The summed E-state index contributed by atoms with van der Waals surface area (Å²) < 4.78 is 46.8. The zero-order valence-electron chi connectivity index (χ0n) is 14.7. The largest absolute Gasteiger partial charge is 0.493 e. The maximum atomic E-state index is 13.7. The molecule has 4 rings (SSSR count). The monoisotopic (exact) mass is 398 g/mol. The molecule has 0 aliphatic carbocycles. The topological polar surface area (TPSA) is 71.4 Å². The normalized spacial score (nSPS) is 11.4.